The van der Waals surface area contributed by atoms with Crippen molar-refractivity contribution >= 4 is 21.8 Å². The Kier molecular flexibility index (Phi) is 2.64. The van der Waals surface area contributed by atoms with Gasteiger partial charge in [0.2, 0.25) is 0 Å². The van der Waals surface area contributed by atoms with E-state index in [2.05, 4.69) is 29.2 Å². The van der Waals surface area contributed by atoms with Gasteiger partial charge in [-0.1, -0.05) is 54.6 Å². The van der Waals surface area contributed by atoms with E-state index in [1.807, 2.05) is 42.5 Å². The monoisotopic (exact) mass is 274 g/mol. The van der Waals surface area contributed by atoms with Gasteiger partial charge in [-0.25, -0.2) is 4.79 Å². The van der Waals surface area contributed by atoms with Crippen LogP contribution in [0.1, 0.15) is 5.56 Å². The van der Waals surface area contributed by atoms with Crippen molar-refractivity contribution in [3.63, 3.8) is 0 Å². The van der Waals surface area contributed by atoms with E-state index in [0.29, 0.717) is 6.54 Å². The highest BCUT2D eigenvalue weighted by molar-refractivity contribution is 5.86. The second-order valence-electron chi connectivity index (χ2n) is 5.17. The van der Waals surface area contributed by atoms with Crippen LogP contribution < -0.4 is 5.69 Å². The number of para-hydroxylation sites is 2. The molecule has 1 aromatic heterocycles. The van der Waals surface area contributed by atoms with Gasteiger partial charge in [0, 0.05) is 0 Å². The second kappa shape index (κ2) is 4.63. The van der Waals surface area contributed by atoms with Crippen LogP contribution in [-0.2, 0) is 6.54 Å². The summed E-state index contributed by atoms with van der Waals surface area (Å²) in [4.78, 5) is 15.1. The number of hydrogen-bond donors (Lipinski definition) is 1. The van der Waals surface area contributed by atoms with Gasteiger partial charge in [0.25, 0.3) is 0 Å². The Balaban J connectivity index is 1.91. The van der Waals surface area contributed by atoms with Gasteiger partial charge in [-0.05, 0) is 28.5 Å². The van der Waals surface area contributed by atoms with E-state index >= 15 is 0 Å². The fraction of sp³-hybridized carbons (Fsp3) is 0.0556. The lowest BCUT2D eigenvalue weighted by Crippen LogP contribution is -2.17. The van der Waals surface area contributed by atoms with E-state index < -0.39 is 0 Å². The Morgan fingerprint density at radius 1 is 0.857 bits per heavy atom. The SMILES string of the molecule is O=c1[nH]c2ccccc2n1Cc1cccc2ccccc12. The zero-order valence-corrected chi connectivity index (χ0v) is 11.4. The van der Waals surface area contributed by atoms with E-state index in [1.54, 1.807) is 4.57 Å². The normalized spacial score (nSPS) is 11.2. The molecule has 102 valence electrons. The molecule has 0 aliphatic rings. The van der Waals surface area contributed by atoms with Crippen molar-refractivity contribution < 1.29 is 0 Å². The number of aromatic amines is 1. The van der Waals surface area contributed by atoms with Crippen LogP contribution >= 0.6 is 0 Å². The van der Waals surface area contributed by atoms with Crippen LogP contribution in [0.2, 0.25) is 0 Å². The highest BCUT2D eigenvalue weighted by Crippen LogP contribution is 2.20. The van der Waals surface area contributed by atoms with Crippen molar-refractivity contribution in [2.24, 2.45) is 0 Å². The standard InChI is InChI=1S/C18H14N2O/c21-18-19-16-10-3-4-11-17(16)20(18)12-14-8-5-7-13-6-1-2-9-15(13)14/h1-11H,12H2,(H,19,21). The molecule has 21 heavy (non-hydrogen) atoms. The van der Waals surface area contributed by atoms with Gasteiger partial charge in [-0.3, -0.25) is 4.57 Å². The van der Waals surface area contributed by atoms with E-state index in [9.17, 15) is 4.79 Å². The van der Waals surface area contributed by atoms with Crippen LogP contribution in [0.3, 0.4) is 0 Å². The minimum absolute atomic E-state index is 0.0656. The molecule has 0 bridgehead atoms. The number of H-pyrrole nitrogens is 1. The highest BCUT2D eigenvalue weighted by Gasteiger charge is 2.08. The Labute approximate surface area is 121 Å². The van der Waals surface area contributed by atoms with E-state index in [4.69, 9.17) is 0 Å². The molecule has 0 saturated heterocycles. The third kappa shape index (κ3) is 1.94. The average molecular weight is 274 g/mol. The Morgan fingerprint density at radius 2 is 1.62 bits per heavy atom. The molecule has 3 heteroatoms. The van der Waals surface area contributed by atoms with Crippen molar-refractivity contribution in [1.29, 1.82) is 0 Å². The number of aromatic nitrogens is 2. The van der Waals surface area contributed by atoms with Crippen LogP contribution in [0.25, 0.3) is 21.8 Å². The molecule has 0 unspecified atom stereocenters. The van der Waals surface area contributed by atoms with Crippen molar-refractivity contribution in [2.75, 3.05) is 0 Å². The maximum absolute atomic E-state index is 12.2. The number of imidazole rings is 1. The zero-order valence-electron chi connectivity index (χ0n) is 11.4. The summed E-state index contributed by atoms with van der Waals surface area (Å²) in [6, 6.07) is 22.3. The molecule has 0 atom stereocenters. The van der Waals surface area contributed by atoms with Gasteiger partial charge in [0.05, 0.1) is 17.6 Å². The van der Waals surface area contributed by atoms with Gasteiger partial charge in [0.15, 0.2) is 0 Å². The fourth-order valence-corrected chi connectivity index (χ4v) is 2.86. The summed E-state index contributed by atoms with van der Waals surface area (Å²) in [6.45, 7) is 0.574. The molecule has 0 radical (unpaired) electrons. The largest absolute Gasteiger partial charge is 0.326 e. The first kappa shape index (κ1) is 12.0. The molecule has 1 heterocycles. The van der Waals surface area contributed by atoms with Crippen LogP contribution in [0.5, 0.6) is 0 Å². The first-order chi connectivity index (χ1) is 10.3. The first-order valence-electron chi connectivity index (χ1n) is 6.97. The maximum Gasteiger partial charge on any atom is 0.326 e. The molecule has 3 nitrogen and oxygen atoms in total. The summed E-state index contributed by atoms with van der Waals surface area (Å²) >= 11 is 0. The van der Waals surface area contributed by atoms with Crippen molar-refractivity contribution in [3.8, 4) is 0 Å². The summed E-state index contributed by atoms with van der Waals surface area (Å²) in [6.07, 6.45) is 0. The predicted molar refractivity (Wildman–Crippen MR) is 85.6 cm³/mol. The van der Waals surface area contributed by atoms with Crippen LogP contribution in [0.4, 0.5) is 0 Å². The summed E-state index contributed by atoms with van der Waals surface area (Å²) in [7, 11) is 0. The lowest BCUT2D eigenvalue weighted by atomic mass is 10.0. The molecule has 3 aromatic carbocycles. The lowest BCUT2D eigenvalue weighted by molar-refractivity contribution is 0.792. The van der Waals surface area contributed by atoms with Gasteiger partial charge >= 0.3 is 5.69 Å². The molecule has 0 fully saturated rings. The van der Waals surface area contributed by atoms with E-state index in [0.717, 1.165) is 16.6 Å². The number of benzene rings is 3. The van der Waals surface area contributed by atoms with Crippen molar-refractivity contribution in [2.45, 2.75) is 6.54 Å². The smallest absolute Gasteiger partial charge is 0.306 e. The number of fused-ring (bicyclic) bond motifs is 2. The quantitative estimate of drug-likeness (QED) is 0.596. The fourth-order valence-electron chi connectivity index (χ4n) is 2.86. The molecular weight excluding hydrogens is 260 g/mol. The third-order valence-electron chi connectivity index (χ3n) is 3.89. The minimum atomic E-state index is -0.0656. The second-order valence-corrected chi connectivity index (χ2v) is 5.17. The molecule has 0 saturated carbocycles. The summed E-state index contributed by atoms with van der Waals surface area (Å²) in [5.74, 6) is 0. The summed E-state index contributed by atoms with van der Waals surface area (Å²) in [5.41, 5.74) is 2.90. The lowest BCUT2D eigenvalue weighted by Gasteiger charge is -2.07. The van der Waals surface area contributed by atoms with Crippen LogP contribution in [-0.4, -0.2) is 9.55 Å². The highest BCUT2D eigenvalue weighted by atomic mass is 16.1. The van der Waals surface area contributed by atoms with Crippen molar-refractivity contribution in [3.05, 3.63) is 82.8 Å². The number of hydrogen-bond acceptors (Lipinski definition) is 1. The average Bonchev–Trinajstić information content (AvgIpc) is 2.84. The molecular formula is C18H14N2O. The van der Waals surface area contributed by atoms with E-state index in [1.165, 1.54) is 10.8 Å². The van der Waals surface area contributed by atoms with E-state index in [-0.39, 0.29) is 5.69 Å². The number of nitrogens with zero attached hydrogens (tertiary/aromatic N) is 1. The molecule has 0 spiro atoms. The van der Waals surface area contributed by atoms with Gasteiger partial charge in [-0.2, -0.15) is 0 Å². The first-order valence-corrected chi connectivity index (χ1v) is 6.97. The molecule has 4 rings (SSSR count). The minimum Gasteiger partial charge on any atom is -0.306 e. The Bertz CT molecular complexity index is 989. The number of nitrogens with one attached hydrogen (secondary N) is 1. The molecule has 0 aliphatic heterocycles. The van der Waals surface area contributed by atoms with Crippen molar-refractivity contribution in [1.82, 2.24) is 9.55 Å². The maximum atomic E-state index is 12.2. The molecule has 0 amide bonds. The van der Waals surface area contributed by atoms with Gasteiger partial charge in [0.1, 0.15) is 0 Å². The Morgan fingerprint density at radius 3 is 2.57 bits per heavy atom. The number of rotatable bonds is 2. The zero-order chi connectivity index (χ0) is 14.2. The molecule has 0 aliphatic carbocycles. The Hall–Kier alpha value is -2.81. The topological polar surface area (TPSA) is 37.8 Å². The van der Waals surface area contributed by atoms with Crippen LogP contribution in [0, 0.1) is 0 Å². The molecule has 4 aromatic rings. The summed E-state index contributed by atoms with van der Waals surface area (Å²) in [5, 5.41) is 2.39. The third-order valence-corrected chi connectivity index (χ3v) is 3.89. The summed E-state index contributed by atoms with van der Waals surface area (Å²) < 4.78 is 1.79. The van der Waals surface area contributed by atoms with Gasteiger partial charge < -0.3 is 4.98 Å². The molecule has 1 N–H and O–H groups in total. The van der Waals surface area contributed by atoms with Gasteiger partial charge in [-0.15, -0.1) is 0 Å². The van der Waals surface area contributed by atoms with Crippen LogP contribution in [0.15, 0.2) is 71.5 Å². The predicted octanol–water partition coefficient (Wildman–Crippen LogP) is 3.53.